The zero-order chi connectivity index (χ0) is 16.7. The van der Waals surface area contributed by atoms with E-state index in [9.17, 15) is 18.0 Å². The molecule has 0 bridgehead atoms. The minimum atomic E-state index is -1.63. The molecule has 0 atom stereocenters. The third-order valence-corrected chi connectivity index (χ3v) is 2.46. The van der Waals surface area contributed by atoms with Crippen molar-refractivity contribution in [3.8, 4) is 0 Å². The van der Waals surface area contributed by atoms with Crippen LogP contribution in [0.15, 0.2) is 17.1 Å². The van der Waals surface area contributed by atoms with Crippen molar-refractivity contribution in [2.45, 2.75) is 26.8 Å². The first-order valence-electron chi connectivity index (χ1n) is 6.83. The van der Waals surface area contributed by atoms with Gasteiger partial charge in [0.25, 0.3) is 0 Å². The highest BCUT2D eigenvalue weighted by atomic mass is 19.2. The normalized spacial score (nSPS) is 11.5. The molecule has 1 aromatic carbocycles. The Morgan fingerprint density at radius 1 is 1.23 bits per heavy atom. The molecule has 22 heavy (non-hydrogen) atoms. The molecule has 122 valence electrons. The van der Waals surface area contributed by atoms with Gasteiger partial charge < -0.3 is 16.0 Å². The molecule has 0 fully saturated rings. The van der Waals surface area contributed by atoms with Crippen molar-refractivity contribution in [1.82, 2.24) is 10.6 Å². The average Bonchev–Trinajstić information content (AvgIpc) is 2.45. The summed E-state index contributed by atoms with van der Waals surface area (Å²) in [5, 5.41) is 8.09. The largest absolute Gasteiger partial charge is 0.357 e. The molecule has 0 heterocycles. The Kier molecular flexibility index (Phi) is 6.68. The summed E-state index contributed by atoms with van der Waals surface area (Å²) in [5.41, 5.74) is -0.430. The van der Waals surface area contributed by atoms with Gasteiger partial charge in [-0.05, 0) is 32.9 Å². The van der Waals surface area contributed by atoms with Crippen LogP contribution in [0.4, 0.5) is 18.9 Å². The highest BCUT2D eigenvalue weighted by Gasteiger charge is 2.15. The molecule has 3 N–H and O–H groups in total. The average molecular weight is 316 g/mol. The molecule has 1 aromatic rings. The third kappa shape index (κ3) is 5.27. The van der Waals surface area contributed by atoms with Crippen LogP contribution >= 0.6 is 0 Å². The summed E-state index contributed by atoms with van der Waals surface area (Å²) in [6.07, 6.45) is 0. The van der Waals surface area contributed by atoms with E-state index >= 15 is 0 Å². The minimum Gasteiger partial charge on any atom is -0.357 e. The van der Waals surface area contributed by atoms with E-state index < -0.39 is 29.0 Å². The van der Waals surface area contributed by atoms with Gasteiger partial charge in [-0.2, -0.15) is 0 Å². The molecule has 0 aliphatic carbocycles. The summed E-state index contributed by atoms with van der Waals surface area (Å²) >= 11 is 0. The van der Waals surface area contributed by atoms with Gasteiger partial charge >= 0.3 is 0 Å². The predicted molar refractivity (Wildman–Crippen MR) is 79.2 cm³/mol. The minimum absolute atomic E-state index is 0.115. The number of hydrogen-bond acceptors (Lipinski definition) is 2. The number of guanidine groups is 1. The van der Waals surface area contributed by atoms with Gasteiger partial charge in [0.15, 0.2) is 23.4 Å². The molecule has 0 spiro atoms. The van der Waals surface area contributed by atoms with Gasteiger partial charge in [-0.15, -0.1) is 0 Å². The van der Waals surface area contributed by atoms with Crippen LogP contribution in [0.2, 0.25) is 0 Å². The van der Waals surface area contributed by atoms with E-state index in [-0.39, 0.29) is 12.6 Å². The molecule has 0 saturated carbocycles. The number of hydrogen-bond donors (Lipinski definition) is 3. The molecule has 5 nitrogen and oxygen atoms in total. The number of nitrogens with zero attached hydrogens (tertiary/aromatic N) is 1. The van der Waals surface area contributed by atoms with E-state index in [0.29, 0.717) is 12.5 Å². The van der Waals surface area contributed by atoms with Crippen LogP contribution in [-0.4, -0.2) is 31.0 Å². The van der Waals surface area contributed by atoms with E-state index in [4.69, 9.17) is 0 Å². The summed E-state index contributed by atoms with van der Waals surface area (Å²) in [5.74, 6) is -4.60. The SMILES string of the molecule is CCNC(=NCC(=O)Nc1ccc(F)c(F)c1F)NC(C)C. The lowest BCUT2D eigenvalue weighted by Gasteiger charge is -2.14. The lowest BCUT2D eigenvalue weighted by Crippen LogP contribution is -2.41. The Bertz CT molecular complexity index is 561. The number of benzene rings is 1. The molecule has 0 unspecified atom stereocenters. The van der Waals surface area contributed by atoms with Crippen molar-refractivity contribution in [1.29, 1.82) is 0 Å². The number of carbonyl (C=O) groups is 1. The van der Waals surface area contributed by atoms with Gasteiger partial charge in [0.05, 0.1) is 5.69 Å². The molecule has 0 aliphatic rings. The van der Waals surface area contributed by atoms with E-state index in [1.54, 1.807) is 0 Å². The summed E-state index contributed by atoms with van der Waals surface area (Å²) in [6, 6.07) is 1.80. The Morgan fingerprint density at radius 2 is 1.91 bits per heavy atom. The summed E-state index contributed by atoms with van der Waals surface area (Å²) in [4.78, 5) is 15.7. The lowest BCUT2D eigenvalue weighted by atomic mass is 10.3. The molecular formula is C14H19F3N4O. The molecule has 8 heteroatoms. The first-order valence-corrected chi connectivity index (χ1v) is 6.83. The highest BCUT2D eigenvalue weighted by molar-refractivity contribution is 5.94. The van der Waals surface area contributed by atoms with Crippen molar-refractivity contribution in [2.75, 3.05) is 18.4 Å². The number of halogens is 3. The fraction of sp³-hybridized carbons (Fsp3) is 0.429. The van der Waals surface area contributed by atoms with Gasteiger partial charge in [0.1, 0.15) is 6.54 Å². The van der Waals surface area contributed by atoms with Crippen molar-refractivity contribution in [3.63, 3.8) is 0 Å². The van der Waals surface area contributed by atoms with Crippen molar-refractivity contribution < 1.29 is 18.0 Å². The van der Waals surface area contributed by atoms with E-state index in [1.165, 1.54) is 0 Å². The highest BCUT2D eigenvalue weighted by Crippen LogP contribution is 2.19. The number of rotatable bonds is 5. The number of amides is 1. The molecule has 0 saturated heterocycles. The van der Waals surface area contributed by atoms with Crippen molar-refractivity contribution in [3.05, 3.63) is 29.6 Å². The van der Waals surface area contributed by atoms with E-state index in [2.05, 4.69) is 20.9 Å². The quantitative estimate of drug-likeness (QED) is 0.442. The fourth-order valence-corrected chi connectivity index (χ4v) is 1.56. The van der Waals surface area contributed by atoms with Crippen LogP contribution in [0.1, 0.15) is 20.8 Å². The van der Waals surface area contributed by atoms with Crippen LogP contribution in [0.3, 0.4) is 0 Å². The first kappa shape index (κ1) is 17.8. The molecule has 1 amide bonds. The Balaban J connectivity index is 2.71. The Morgan fingerprint density at radius 3 is 2.50 bits per heavy atom. The molecular weight excluding hydrogens is 297 g/mol. The number of carbonyl (C=O) groups excluding carboxylic acids is 1. The van der Waals surface area contributed by atoms with Crippen LogP contribution in [0.5, 0.6) is 0 Å². The molecule has 0 aromatic heterocycles. The predicted octanol–water partition coefficient (Wildman–Crippen LogP) is 2.01. The van der Waals surface area contributed by atoms with Gasteiger partial charge in [-0.25, -0.2) is 18.2 Å². The number of nitrogens with one attached hydrogen (secondary N) is 3. The lowest BCUT2D eigenvalue weighted by molar-refractivity contribution is -0.114. The van der Waals surface area contributed by atoms with Gasteiger partial charge in [0.2, 0.25) is 5.91 Å². The topological polar surface area (TPSA) is 65.5 Å². The maximum atomic E-state index is 13.4. The molecule has 0 aliphatic heterocycles. The smallest absolute Gasteiger partial charge is 0.246 e. The monoisotopic (exact) mass is 316 g/mol. The second-order valence-corrected chi connectivity index (χ2v) is 4.77. The molecule has 1 rings (SSSR count). The molecule has 0 radical (unpaired) electrons. The van der Waals surface area contributed by atoms with Crippen LogP contribution in [0.25, 0.3) is 0 Å². The van der Waals surface area contributed by atoms with Gasteiger partial charge in [-0.1, -0.05) is 0 Å². The zero-order valence-electron chi connectivity index (χ0n) is 12.6. The van der Waals surface area contributed by atoms with Crippen LogP contribution in [-0.2, 0) is 4.79 Å². The van der Waals surface area contributed by atoms with Crippen molar-refractivity contribution >= 4 is 17.6 Å². The van der Waals surface area contributed by atoms with Gasteiger partial charge in [0, 0.05) is 12.6 Å². The maximum absolute atomic E-state index is 13.4. The second kappa shape index (κ2) is 8.26. The summed E-state index contributed by atoms with van der Waals surface area (Å²) in [6.45, 7) is 6.00. The zero-order valence-corrected chi connectivity index (χ0v) is 12.6. The first-order chi connectivity index (χ1) is 10.3. The fourth-order valence-electron chi connectivity index (χ4n) is 1.56. The third-order valence-electron chi connectivity index (χ3n) is 2.46. The number of aliphatic imine (C=N–C) groups is 1. The van der Waals surface area contributed by atoms with Crippen LogP contribution < -0.4 is 16.0 Å². The summed E-state index contributed by atoms with van der Waals surface area (Å²) in [7, 11) is 0. The Labute approximate surface area is 127 Å². The van der Waals surface area contributed by atoms with Crippen LogP contribution in [0, 0.1) is 17.5 Å². The number of anilines is 1. The van der Waals surface area contributed by atoms with E-state index in [0.717, 1.165) is 12.1 Å². The van der Waals surface area contributed by atoms with E-state index in [1.807, 2.05) is 20.8 Å². The maximum Gasteiger partial charge on any atom is 0.246 e. The van der Waals surface area contributed by atoms with Crippen molar-refractivity contribution in [2.24, 2.45) is 4.99 Å². The second-order valence-electron chi connectivity index (χ2n) is 4.77. The standard InChI is InChI=1S/C14H19F3N4O/c1-4-18-14(20-8(2)3)19-7-11(22)21-10-6-5-9(15)12(16)13(10)17/h5-6,8H,4,7H2,1-3H3,(H,21,22)(H2,18,19,20). The Hall–Kier alpha value is -2.25. The summed E-state index contributed by atoms with van der Waals surface area (Å²) < 4.78 is 39.3. The van der Waals surface area contributed by atoms with Gasteiger partial charge in [-0.3, -0.25) is 4.79 Å².